The number of hydrogen-bond donors (Lipinski definition) is 1. The predicted molar refractivity (Wildman–Crippen MR) is 87.2 cm³/mol. The van der Waals surface area contributed by atoms with Crippen molar-refractivity contribution in [3.8, 4) is 6.07 Å². The van der Waals surface area contributed by atoms with E-state index in [9.17, 15) is 22.3 Å². The highest BCUT2D eigenvalue weighted by molar-refractivity contribution is 7.90. The van der Waals surface area contributed by atoms with Crippen molar-refractivity contribution in [1.82, 2.24) is 0 Å². The Balaban J connectivity index is 2.19. The quantitative estimate of drug-likeness (QED) is 0.886. The fourth-order valence-electron chi connectivity index (χ4n) is 3.26. The maximum atomic E-state index is 15.1. The summed E-state index contributed by atoms with van der Waals surface area (Å²) in [6.07, 6.45) is -4.78. The van der Waals surface area contributed by atoms with Gasteiger partial charge in [0.15, 0.2) is 16.0 Å². The maximum absolute atomic E-state index is 15.1. The van der Waals surface area contributed by atoms with Gasteiger partial charge in [0.1, 0.15) is 18.1 Å². The lowest BCUT2D eigenvalue weighted by Gasteiger charge is -2.17. The molecule has 0 saturated heterocycles. The van der Waals surface area contributed by atoms with Crippen LogP contribution in [0, 0.1) is 17.1 Å². The Labute approximate surface area is 148 Å². The van der Waals surface area contributed by atoms with Crippen LogP contribution in [0.4, 0.5) is 13.2 Å². The third-order valence-electron chi connectivity index (χ3n) is 4.41. The molecule has 1 aliphatic carbocycles. The highest BCUT2D eigenvalue weighted by Gasteiger charge is 2.38. The number of benzene rings is 2. The molecule has 26 heavy (non-hydrogen) atoms. The van der Waals surface area contributed by atoms with E-state index in [1.165, 1.54) is 12.1 Å². The number of nitriles is 1. The van der Waals surface area contributed by atoms with Crippen molar-refractivity contribution in [2.75, 3.05) is 6.26 Å². The largest absolute Gasteiger partial charge is 0.385 e. The van der Waals surface area contributed by atoms with Gasteiger partial charge in [-0.2, -0.15) is 5.26 Å². The van der Waals surface area contributed by atoms with Crippen LogP contribution >= 0.6 is 0 Å². The summed E-state index contributed by atoms with van der Waals surface area (Å²) in [4.78, 5) is -0.256. The monoisotopic (exact) mass is 381 g/mol. The Morgan fingerprint density at radius 3 is 2.62 bits per heavy atom. The summed E-state index contributed by atoms with van der Waals surface area (Å²) >= 11 is 0. The van der Waals surface area contributed by atoms with E-state index in [-0.39, 0.29) is 39.1 Å². The molecule has 3 rings (SSSR count). The van der Waals surface area contributed by atoms with Gasteiger partial charge in [0.2, 0.25) is 0 Å². The van der Waals surface area contributed by atoms with Crippen molar-refractivity contribution in [2.24, 2.45) is 0 Å². The standard InChI is InChI=1S/C18H14F3NO3S/c1-26(24,25)15-3-2-12(13-7-14(20)18(23)16(13)15)17(21)10-4-9(8-22)5-11(19)6-10/h2-6,14,17-18,23H,7H2,1H3/t14-,17-,18-/m1/s1. The first kappa shape index (κ1) is 18.4. The minimum atomic E-state index is -3.76. The molecule has 4 nitrogen and oxygen atoms in total. The summed E-state index contributed by atoms with van der Waals surface area (Å²) in [5.41, 5.74) is -0.371. The van der Waals surface area contributed by atoms with E-state index < -0.39 is 34.1 Å². The van der Waals surface area contributed by atoms with Crippen LogP contribution in [0.5, 0.6) is 0 Å². The van der Waals surface area contributed by atoms with Gasteiger partial charge in [-0.25, -0.2) is 21.6 Å². The van der Waals surface area contributed by atoms with Gasteiger partial charge in [0.05, 0.1) is 16.5 Å². The predicted octanol–water partition coefficient (Wildman–Crippen LogP) is 3.09. The fourth-order valence-corrected chi connectivity index (χ4v) is 4.22. The minimum Gasteiger partial charge on any atom is -0.385 e. The smallest absolute Gasteiger partial charge is 0.175 e. The lowest BCUT2D eigenvalue weighted by Crippen LogP contribution is -2.10. The molecule has 1 aliphatic rings. The molecule has 2 aromatic carbocycles. The van der Waals surface area contributed by atoms with Gasteiger partial charge in [0.25, 0.3) is 0 Å². The number of rotatable bonds is 3. The number of halogens is 3. The van der Waals surface area contributed by atoms with Gasteiger partial charge < -0.3 is 5.11 Å². The molecule has 1 N–H and O–H groups in total. The molecule has 0 fully saturated rings. The summed E-state index contributed by atoms with van der Waals surface area (Å²) in [7, 11) is -3.76. The zero-order valence-electron chi connectivity index (χ0n) is 13.6. The number of sulfone groups is 1. The second kappa shape index (κ2) is 6.41. The van der Waals surface area contributed by atoms with Crippen LogP contribution in [0.25, 0.3) is 0 Å². The summed E-state index contributed by atoms with van der Waals surface area (Å²) in [6, 6.07) is 7.07. The Kier molecular flexibility index (Phi) is 4.54. The van der Waals surface area contributed by atoms with E-state index in [4.69, 9.17) is 5.26 Å². The minimum absolute atomic E-state index is 0.0545. The zero-order chi connectivity index (χ0) is 19.2. The summed E-state index contributed by atoms with van der Waals surface area (Å²) in [5.74, 6) is -0.797. The third-order valence-corrected chi connectivity index (χ3v) is 5.56. The molecule has 0 radical (unpaired) electrons. The van der Waals surface area contributed by atoms with Crippen LogP contribution in [0.1, 0.15) is 40.1 Å². The summed E-state index contributed by atoms with van der Waals surface area (Å²) in [6.45, 7) is 0. The van der Waals surface area contributed by atoms with Crippen LogP contribution in [0.2, 0.25) is 0 Å². The molecule has 0 aliphatic heterocycles. The lowest BCUT2D eigenvalue weighted by atomic mass is 9.94. The number of hydrogen-bond acceptors (Lipinski definition) is 4. The number of aliphatic hydroxyl groups excluding tert-OH is 1. The first-order chi connectivity index (χ1) is 12.1. The molecule has 0 amide bonds. The molecule has 136 valence electrons. The van der Waals surface area contributed by atoms with Crippen LogP contribution in [0.3, 0.4) is 0 Å². The van der Waals surface area contributed by atoms with Gasteiger partial charge >= 0.3 is 0 Å². The normalized spacial score (nSPS) is 20.5. The van der Waals surface area contributed by atoms with Crippen molar-refractivity contribution in [3.63, 3.8) is 0 Å². The van der Waals surface area contributed by atoms with Crippen LogP contribution in [0.15, 0.2) is 35.2 Å². The first-order valence-corrected chi connectivity index (χ1v) is 9.55. The molecule has 0 aromatic heterocycles. The number of fused-ring (bicyclic) bond motifs is 1. The molecule has 2 aromatic rings. The van der Waals surface area contributed by atoms with E-state index >= 15 is 4.39 Å². The topological polar surface area (TPSA) is 78.2 Å². The summed E-state index contributed by atoms with van der Waals surface area (Å²) < 4.78 is 66.5. The summed E-state index contributed by atoms with van der Waals surface area (Å²) in [5, 5.41) is 18.9. The Morgan fingerprint density at radius 1 is 1.31 bits per heavy atom. The SMILES string of the molecule is CS(=O)(=O)c1ccc([C@H](F)c2cc(F)cc(C#N)c2)c2c1[C@H](O)[C@H](F)C2. The average Bonchev–Trinajstić information content (AvgIpc) is 2.87. The van der Waals surface area contributed by atoms with E-state index in [0.29, 0.717) is 0 Å². The molecular formula is C18H14F3NO3S. The highest BCUT2D eigenvalue weighted by Crippen LogP contribution is 2.43. The van der Waals surface area contributed by atoms with Crippen LogP contribution < -0.4 is 0 Å². The van der Waals surface area contributed by atoms with Crippen molar-refractivity contribution in [2.45, 2.75) is 29.8 Å². The Bertz CT molecular complexity index is 1030. The van der Waals surface area contributed by atoms with Crippen molar-refractivity contribution >= 4 is 9.84 Å². The zero-order valence-corrected chi connectivity index (χ0v) is 14.4. The third kappa shape index (κ3) is 3.08. The van der Waals surface area contributed by atoms with E-state index in [1.807, 2.05) is 0 Å². The maximum Gasteiger partial charge on any atom is 0.175 e. The molecule has 3 atom stereocenters. The Morgan fingerprint density at radius 2 is 2.00 bits per heavy atom. The van der Waals surface area contributed by atoms with Gasteiger partial charge in [0, 0.05) is 18.2 Å². The molecule has 0 bridgehead atoms. The lowest BCUT2D eigenvalue weighted by molar-refractivity contribution is 0.0907. The molecule has 0 spiro atoms. The highest BCUT2D eigenvalue weighted by atomic mass is 32.2. The van der Waals surface area contributed by atoms with Crippen LogP contribution in [-0.4, -0.2) is 26.0 Å². The van der Waals surface area contributed by atoms with Crippen LogP contribution in [-0.2, 0) is 16.3 Å². The molecule has 0 heterocycles. The van der Waals surface area contributed by atoms with Crippen molar-refractivity contribution in [3.05, 3.63) is 64.0 Å². The number of alkyl halides is 2. The van der Waals surface area contributed by atoms with Gasteiger partial charge in [-0.3, -0.25) is 0 Å². The molecular weight excluding hydrogens is 367 g/mol. The van der Waals surface area contributed by atoms with E-state index in [2.05, 4.69) is 0 Å². The second-order valence-electron chi connectivity index (χ2n) is 6.23. The average molecular weight is 381 g/mol. The van der Waals surface area contributed by atoms with Gasteiger partial charge in [-0.05, 0) is 41.0 Å². The number of nitrogens with zero attached hydrogens (tertiary/aromatic N) is 1. The molecule has 0 unspecified atom stereocenters. The van der Waals surface area contributed by atoms with E-state index in [1.54, 1.807) is 6.07 Å². The fraction of sp³-hybridized carbons (Fsp3) is 0.278. The number of aliphatic hydroxyl groups is 1. The van der Waals surface area contributed by atoms with Gasteiger partial charge in [-0.1, -0.05) is 6.07 Å². The Hall–Kier alpha value is -2.37. The molecule has 0 saturated carbocycles. The molecule has 8 heteroatoms. The second-order valence-corrected chi connectivity index (χ2v) is 8.21. The first-order valence-electron chi connectivity index (χ1n) is 7.66. The van der Waals surface area contributed by atoms with Gasteiger partial charge in [-0.15, -0.1) is 0 Å². The van der Waals surface area contributed by atoms with E-state index in [0.717, 1.165) is 24.5 Å². The van der Waals surface area contributed by atoms with Crippen molar-refractivity contribution < 1.29 is 26.7 Å². The van der Waals surface area contributed by atoms with Crippen molar-refractivity contribution in [1.29, 1.82) is 5.26 Å².